The third-order valence-corrected chi connectivity index (χ3v) is 7.55. The fourth-order valence-electron chi connectivity index (χ4n) is 5.51. The molecule has 4 heterocycles. The van der Waals surface area contributed by atoms with Gasteiger partial charge in [-0.2, -0.15) is 9.97 Å². The van der Waals surface area contributed by atoms with Crippen molar-refractivity contribution in [1.82, 2.24) is 14.9 Å². The van der Waals surface area contributed by atoms with E-state index >= 15 is 0 Å². The zero-order valence-corrected chi connectivity index (χ0v) is 21.9. The molecule has 2 amide bonds. The molecule has 0 aliphatic carbocycles. The Hall–Kier alpha value is -4.54. The second-order valence-electron chi connectivity index (χ2n) is 10.0. The number of nitrogens with two attached hydrogens (primary N) is 1. The molecule has 11 nitrogen and oxygen atoms in total. The SMILES string of the molecule is COc1ccc2c(c1)CCN(C1CCN(c3cc(Oc4cc(C)c5c(c4)OC(=O)C5)nc(N)n3)CC1)C(=O)N2. The van der Waals surface area contributed by atoms with E-state index < -0.39 is 0 Å². The predicted molar refractivity (Wildman–Crippen MR) is 145 cm³/mol. The third kappa shape index (κ3) is 4.99. The lowest BCUT2D eigenvalue weighted by atomic mass is 10.0. The number of aryl methyl sites for hydroxylation is 1. The third-order valence-electron chi connectivity index (χ3n) is 7.55. The zero-order valence-electron chi connectivity index (χ0n) is 21.9. The van der Waals surface area contributed by atoms with Crippen molar-refractivity contribution in [3.63, 3.8) is 0 Å². The van der Waals surface area contributed by atoms with E-state index in [2.05, 4.69) is 20.2 Å². The molecule has 1 aromatic heterocycles. The lowest BCUT2D eigenvalue weighted by molar-refractivity contribution is -0.131. The van der Waals surface area contributed by atoms with Crippen LogP contribution in [0.4, 0.5) is 22.2 Å². The van der Waals surface area contributed by atoms with Crippen LogP contribution in [0.25, 0.3) is 0 Å². The smallest absolute Gasteiger partial charge is 0.322 e. The predicted octanol–water partition coefficient (Wildman–Crippen LogP) is 3.69. The highest BCUT2D eigenvalue weighted by Crippen LogP contribution is 2.36. The molecule has 39 heavy (non-hydrogen) atoms. The number of nitrogen functional groups attached to an aromatic ring is 1. The molecule has 0 spiro atoms. The zero-order chi connectivity index (χ0) is 27.1. The molecule has 202 valence electrons. The Morgan fingerprint density at radius 3 is 2.67 bits per heavy atom. The summed E-state index contributed by atoms with van der Waals surface area (Å²) >= 11 is 0. The van der Waals surface area contributed by atoms with Gasteiger partial charge in [0.05, 0.1) is 13.5 Å². The average Bonchev–Trinajstić information content (AvgIpc) is 3.21. The maximum absolute atomic E-state index is 13.0. The minimum Gasteiger partial charge on any atom is -0.497 e. The first kappa shape index (κ1) is 24.8. The Kier molecular flexibility index (Phi) is 6.34. The van der Waals surface area contributed by atoms with Crippen molar-refractivity contribution in [3.8, 4) is 23.1 Å². The van der Waals surface area contributed by atoms with Crippen LogP contribution in [-0.2, 0) is 17.6 Å². The summed E-state index contributed by atoms with van der Waals surface area (Å²) in [6.07, 6.45) is 2.61. The Labute approximate surface area is 225 Å². The van der Waals surface area contributed by atoms with Gasteiger partial charge < -0.3 is 35.1 Å². The quantitative estimate of drug-likeness (QED) is 0.374. The number of amides is 2. The van der Waals surface area contributed by atoms with Crippen molar-refractivity contribution in [2.24, 2.45) is 0 Å². The number of fused-ring (bicyclic) bond motifs is 2. The highest BCUT2D eigenvalue weighted by atomic mass is 16.5. The summed E-state index contributed by atoms with van der Waals surface area (Å²) < 4.78 is 16.6. The summed E-state index contributed by atoms with van der Waals surface area (Å²) in [6, 6.07) is 11.1. The highest BCUT2D eigenvalue weighted by Gasteiger charge is 2.31. The summed E-state index contributed by atoms with van der Waals surface area (Å²) in [5, 5.41) is 3.06. The Morgan fingerprint density at radius 2 is 1.87 bits per heavy atom. The average molecular weight is 531 g/mol. The number of anilines is 3. The van der Waals surface area contributed by atoms with Gasteiger partial charge >= 0.3 is 12.0 Å². The molecule has 0 unspecified atom stereocenters. The molecule has 3 aliphatic rings. The van der Waals surface area contributed by atoms with E-state index in [-0.39, 0.29) is 30.4 Å². The highest BCUT2D eigenvalue weighted by molar-refractivity contribution is 5.91. The summed E-state index contributed by atoms with van der Waals surface area (Å²) in [5.41, 5.74) is 9.73. The number of carbonyl (C=O) groups excluding carboxylic acids is 2. The molecule has 0 radical (unpaired) electrons. The largest absolute Gasteiger partial charge is 0.497 e. The van der Waals surface area contributed by atoms with Crippen LogP contribution in [0.1, 0.15) is 29.5 Å². The first-order valence-electron chi connectivity index (χ1n) is 13.0. The maximum atomic E-state index is 13.0. The van der Waals surface area contributed by atoms with E-state index in [0.717, 1.165) is 47.4 Å². The molecule has 0 bridgehead atoms. The van der Waals surface area contributed by atoms with Crippen LogP contribution < -0.4 is 30.2 Å². The van der Waals surface area contributed by atoms with Gasteiger partial charge in [0.2, 0.25) is 11.8 Å². The number of rotatable bonds is 5. The van der Waals surface area contributed by atoms with Crippen molar-refractivity contribution < 1.29 is 23.8 Å². The van der Waals surface area contributed by atoms with Crippen LogP contribution in [-0.4, -0.2) is 59.7 Å². The van der Waals surface area contributed by atoms with Gasteiger partial charge in [-0.15, -0.1) is 0 Å². The molecule has 11 heteroatoms. The van der Waals surface area contributed by atoms with E-state index in [1.54, 1.807) is 19.2 Å². The molecule has 0 saturated carbocycles. The van der Waals surface area contributed by atoms with E-state index in [9.17, 15) is 9.59 Å². The number of nitrogens with one attached hydrogen (secondary N) is 1. The van der Waals surface area contributed by atoms with Gasteiger partial charge in [-0.05, 0) is 61.6 Å². The Bertz CT molecular complexity index is 1450. The Balaban J connectivity index is 1.12. The number of nitrogens with zero attached hydrogens (tertiary/aromatic N) is 4. The summed E-state index contributed by atoms with van der Waals surface area (Å²) in [6.45, 7) is 3.97. The molecule has 3 aromatic rings. The normalized spacial score (nSPS) is 17.2. The van der Waals surface area contributed by atoms with Gasteiger partial charge in [0.25, 0.3) is 0 Å². The van der Waals surface area contributed by atoms with Crippen molar-refractivity contribution in [3.05, 3.63) is 53.1 Å². The number of hydrogen-bond acceptors (Lipinski definition) is 9. The topological polar surface area (TPSA) is 132 Å². The number of aromatic nitrogens is 2. The molecule has 1 saturated heterocycles. The minimum absolute atomic E-state index is 0.0744. The number of piperidine rings is 1. The number of carbonyl (C=O) groups is 2. The van der Waals surface area contributed by atoms with Crippen LogP contribution >= 0.6 is 0 Å². The molecule has 3 N–H and O–H groups in total. The van der Waals surface area contributed by atoms with Crippen LogP contribution in [0.15, 0.2) is 36.4 Å². The van der Waals surface area contributed by atoms with Crippen LogP contribution in [0.3, 0.4) is 0 Å². The van der Waals surface area contributed by atoms with Crippen LogP contribution in [0.2, 0.25) is 0 Å². The molecule has 1 fully saturated rings. The van der Waals surface area contributed by atoms with Gasteiger partial charge in [0.15, 0.2) is 0 Å². The number of ether oxygens (including phenoxy) is 3. The first-order chi connectivity index (χ1) is 18.9. The monoisotopic (exact) mass is 530 g/mol. The summed E-state index contributed by atoms with van der Waals surface area (Å²) in [7, 11) is 1.64. The fourth-order valence-corrected chi connectivity index (χ4v) is 5.51. The van der Waals surface area contributed by atoms with E-state index in [1.165, 1.54) is 0 Å². The maximum Gasteiger partial charge on any atom is 0.322 e. The van der Waals surface area contributed by atoms with Gasteiger partial charge in [-0.25, -0.2) is 4.79 Å². The molecular formula is C28H30N6O5. The van der Waals surface area contributed by atoms with Gasteiger partial charge in [-0.3, -0.25) is 4.79 Å². The van der Waals surface area contributed by atoms with Crippen molar-refractivity contribution >= 4 is 29.5 Å². The molecule has 0 atom stereocenters. The fraction of sp³-hybridized carbons (Fsp3) is 0.357. The standard InChI is InChI=1S/C28H30N6O5/c1-16-11-20(13-23-21(16)14-26(35)39-23)38-25-15-24(31-27(29)32-25)33-8-6-18(7-9-33)34-10-5-17-12-19(37-2)3-4-22(17)30-28(34)36/h3-4,11-13,15,18H,5-10,14H2,1-2H3,(H,30,36)(H2,29,31,32). The van der Waals surface area contributed by atoms with Gasteiger partial charge in [0, 0.05) is 49.1 Å². The second-order valence-corrected chi connectivity index (χ2v) is 10.0. The molecule has 3 aliphatic heterocycles. The number of urea groups is 1. The second kappa shape index (κ2) is 9.97. The minimum atomic E-state index is -0.273. The van der Waals surface area contributed by atoms with Crippen LogP contribution in [0.5, 0.6) is 23.1 Å². The van der Waals surface area contributed by atoms with Crippen molar-refractivity contribution in [1.29, 1.82) is 0 Å². The Morgan fingerprint density at radius 1 is 1.05 bits per heavy atom. The van der Waals surface area contributed by atoms with Gasteiger partial charge in [0.1, 0.15) is 23.1 Å². The van der Waals surface area contributed by atoms with Crippen molar-refractivity contribution in [2.75, 3.05) is 42.7 Å². The van der Waals surface area contributed by atoms with Gasteiger partial charge in [-0.1, -0.05) is 0 Å². The van der Waals surface area contributed by atoms with E-state index in [4.69, 9.17) is 19.9 Å². The lowest BCUT2D eigenvalue weighted by Crippen LogP contribution is -2.49. The molecule has 6 rings (SSSR count). The number of esters is 1. The molecule has 2 aromatic carbocycles. The van der Waals surface area contributed by atoms with Crippen molar-refractivity contribution in [2.45, 2.75) is 38.6 Å². The van der Waals surface area contributed by atoms with E-state index in [0.29, 0.717) is 42.8 Å². The number of benzene rings is 2. The lowest BCUT2D eigenvalue weighted by Gasteiger charge is -2.38. The summed E-state index contributed by atoms with van der Waals surface area (Å²) in [5.74, 6) is 2.61. The number of methoxy groups -OCH3 is 1. The van der Waals surface area contributed by atoms with E-state index in [1.807, 2.05) is 36.1 Å². The van der Waals surface area contributed by atoms with Crippen LogP contribution in [0, 0.1) is 6.92 Å². The molecular weight excluding hydrogens is 500 g/mol. The summed E-state index contributed by atoms with van der Waals surface area (Å²) in [4.78, 5) is 37.5. The first-order valence-corrected chi connectivity index (χ1v) is 13.0. The number of hydrogen-bond donors (Lipinski definition) is 2.